The van der Waals surface area contributed by atoms with Gasteiger partial charge in [-0.25, -0.2) is 19.2 Å². The normalized spacial score (nSPS) is 21.1. The lowest BCUT2D eigenvalue weighted by molar-refractivity contribution is -0.139. The number of allylic oxidation sites excluding steroid dienone is 4. The third-order valence-corrected chi connectivity index (χ3v) is 53.2. The van der Waals surface area contributed by atoms with Gasteiger partial charge in [-0.05, 0) is 108 Å². The van der Waals surface area contributed by atoms with E-state index in [4.69, 9.17) is 64.8 Å². The molecule has 0 amide bonds. The smallest absolute Gasteiger partial charge is 0.462 e. The Kier molecular flexibility index (Phi) is 27.5. The van der Waals surface area contributed by atoms with E-state index in [2.05, 4.69) is 38.5 Å². The van der Waals surface area contributed by atoms with Crippen LogP contribution in [0.25, 0.3) is 0 Å². The Balaban J connectivity index is 1.41. The third kappa shape index (κ3) is 18.9. The van der Waals surface area contributed by atoms with Gasteiger partial charge in [0.1, 0.15) is 0 Å². The van der Waals surface area contributed by atoms with Crippen molar-refractivity contribution in [3.05, 3.63) is 284 Å². The van der Waals surface area contributed by atoms with E-state index in [1.165, 1.54) is 0 Å². The lowest BCUT2D eigenvalue weighted by Crippen LogP contribution is -2.86. The van der Waals surface area contributed by atoms with Gasteiger partial charge in [-0.1, -0.05) is 257 Å². The fraction of sp³-hybridized carbons (Fsp3) is 0.256. The average molecular weight is 1560 g/mol. The summed E-state index contributed by atoms with van der Waals surface area (Å²) in [6.07, 6.45) is 7.69. The second-order valence-electron chi connectivity index (χ2n) is 25.8. The predicted molar refractivity (Wildman–Crippen MR) is 420 cm³/mol. The molecule has 10 rings (SSSR count). The zero-order chi connectivity index (χ0) is 74.6. The largest absolute Gasteiger partial charge is 0.479 e. The Morgan fingerprint density at radius 2 is 0.648 bits per heavy atom. The van der Waals surface area contributed by atoms with Gasteiger partial charge in [-0.2, -0.15) is 0 Å². The summed E-state index contributed by atoms with van der Waals surface area (Å²) in [6.45, 7) is 21.1. The zero-order valence-electron chi connectivity index (χ0n) is 60.4. The third-order valence-electron chi connectivity index (χ3n) is 17.6. The molecule has 0 radical (unpaired) electrons. The monoisotopic (exact) mass is 1560 g/mol. The molecule has 0 saturated carbocycles. The minimum atomic E-state index is -5.35. The van der Waals surface area contributed by atoms with E-state index < -0.39 is 93.3 Å². The molecule has 0 N–H and O–H groups in total. The highest BCUT2D eigenvalue weighted by Gasteiger charge is 2.76. The summed E-state index contributed by atoms with van der Waals surface area (Å²) in [5.41, 5.74) is 0.714. The van der Waals surface area contributed by atoms with Gasteiger partial charge in [0.05, 0.1) is 26.4 Å². The molecule has 2 fully saturated rings. The average Bonchev–Trinajstić information content (AvgIpc) is 0.698. The number of rotatable bonds is 34. The number of fused-ring (bicyclic) bond motifs is 2. The van der Waals surface area contributed by atoms with E-state index in [1.807, 2.05) is 218 Å². The van der Waals surface area contributed by atoms with E-state index in [9.17, 15) is 19.2 Å². The van der Waals surface area contributed by atoms with Crippen molar-refractivity contribution in [1.29, 1.82) is 0 Å². The SMILES string of the molecule is C=C(C)C(=O)OCCC[Si]12O[Si](CCCOC(=O)C(=C)C)(O[Si](OC)(C3=CCCC=C3)c3ccccc3)O[Si](c3ccccc3)(c3ccccc3)O[Si](CCCOC(=O)C(=C)C)(O1)O[Si](c1ccccc1)(c1ccccc1)O[Si](CCCOC(=O)C(=C)C)(O[Si](OC)(c1ccccc1)c1ccccc1)O2. The standard InChI is InChI=1S/C78H92O19Si8/c1-63(2)75(79)85-55-35-59-98-89-99(60-36-56-86-76(80)64(3)4,92-102(83-9,67-39-19-11-20-40-67)68-41-21-12-22-42-68)94-104(71-47-27-15-28-48-71,72-49-29-16-30-50-72)96-101(91-98,62-38-58-88-78(82)66(7)8)97-105(73-51-31-17-32-52-73,74-53-33-18-34-54-74)95-100(90-98,61-37-57-87-77(81)65(5)6)93-103(84-10,69-43-23-13-24-44-69)70-45-25-14-26-46-70/h11-13,15-25,27-34,39-54H,1,3,5,7,14,26,35-38,55-62H2,2,4,6,8-10H3. The van der Waals surface area contributed by atoms with Crippen molar-refractivity contribution in [2.24, 2.45) is 0 Å². The predicted octanol–water partition coefficient (Wildman–Crippen LogP) is 10.2. The molecule has 1 aliphatic carbocycles. The van der Waals surface area contributed by atoms with Gasteiger partial charge in [0, 0.05) is 60.7 Å². The quantitative estimate of drug-likeness (QED) is 0.0121. The Morgan fingerprint density at radius 1 is 0.362 bits per heavy atom. The van der Waals surface area contributed by atoms with Crippen LogP contribution in [0.4, 0.5) is 0 Å². The highest BCUT2D eigenvalue weighted by Crippen LogP contribution is 2.47. The highest BCUT2D eigenvalue weighted by molar-refractivity contribution is 7.09. The van der Waals surface area contributed by atoms with Gasteiger partial charge in [0.15, 0.2) is 0 Å². The zero-order valence-corrected chi connectivity index (χ0v) is 68.4. The molecule has 7 aromatic carbocycles. The van der Waals surface area contributed by atoms with Crippen LogP contribution in [0.5, 0.6) is 0 Å². The van der Waals surface area contributed by atoms with Gasteiger partial charge in [0.2, 0.25) is 0 Å². The first-order valence-electron chi connectivity index (χ1n) is 35.1. The van der Waals surface area contributed by atoms with Crippen LogP contribution in [0.1, 0.15) is 66.2 Å². The second kappa shape index (κ2) is 36.2. The van der Waals surface area contributed by atoms with Crippen LogP contribution >= 0.6 is 0 Å². The van der Waals surface area contributed by atoms with Gasteiger partial charge < -0.3 is 64.8 Å². The number of esters is 4. The van der Waals surface area contributed by atoms with E-state index in [0.29, 0.717) is 42.7 Å². The van der Waals surface area contributed by atoms with E-state index in [0.717, 1.165) is 11.6 Å². The molecule has 7 aromatic rings. The van der Waals surface area contributed by atoms with Crippen molar-refractivity contribution in [1.82, 2.24) is 0 Å². The summed E-state index contributed by atoms with van der Waals surface area (Å²) < 4.78 is 116. The van der Waals surface area contributed by atoms with Crippen LogP contribution in [0.3, 0.4) is 0 Å². The number of benzene rings is 7. The van der Waals surface area contributed by atoms with Crippen LogP contribution in [-0.2, 0) is 84.0 Å². The first-order valence-corrected chi connectivity index (χ1v) is 50.1. The highest BCUT2D eigenvalue weighted by atomic mass is 28.6. The van der Waals surface area contributed by atoms with Crippen LogP contribution < -0.4 is 36.3 Å². The van der Waals surface area contributed by atoms with Crippen molar-refractivity contribution >= 4 is 130 Å². The maximum Gasteiger partial charge on any atom is 0.479 e. The fourth-order valence-electron chi connectivity index (χ4n) is 12.6. The first kappa shape index (κ1) is 79.7. The summed E-state index contributed by atoms with van der Waals surface area (Å²) in [5.74, 6) is -2.51. The number of ether oxygens (including phenoxy) is 4. The van der Waals surface area contributed by atoms with Crippen molar-refractivity contribution in [2.75, 3.05) is 40.6 Å². The van der Waals surface area contributed by atoms with Crippen LogP contribution in [-0.4, -0.2) is 134 Å². The molecule has 5 unspecified atom stereocenters. The summed E-state index contributed by atoms with van der Waals surface area (Å²) in [7, 11) is -35.9. The number of carbonyl (C=O) groups is 4. The fourth-order valence-corrected chi connectivity index (χ4v) is 57.4. The molecule has 27 heteroatoms. The summed E-state index contributed by atoms with van der Waals surface area (Å²) in [6, 6.07) is 66.6. The van der Waals surface area contributed by atoms with Crippen molar-refractivity contribution in [3.63, 3.8) is 0 Å². The van der Waals surface area contributed by atoms with E-state index in [-0.39, 0.29) is 98.6 Å². The molecule has 2 saturated heterocycles. The molecular formula is C78H92O19Si8. The Morgan fingerprint density at radius 3 is 0.943 bits per heavy atom. The first-order chi connectivity index (χ1) is 50.6. The number of carbonyl (C=O) groups excluding carboxylic acids is 4. The second-order valence-corrected chi connectivity index (χ2v) is 51.0. The van der Waals surface area contributed by atoms with E-state index in [1.54, 1.807) is 41.9 Å². The van der Waals surface area contributed by atoms with Crippen LogP contribution in [0.15, 0.2) is 284 Å². The molecule has 19 nitrogen and oxygen atoms in total. The minimum absolute atomic E-state index is 0.0286. The Labute approximate surface area is 625 Å². The van der Waals surface area contributed by atoms with Crippen LogP contribution in [0.2, 0.25) is 24.2 Å². The molecular weight excluding hydrogens is 1470 g/mol. The van der Waals surface area contributed by atoms with Gasteiger partial charge in [-0.3, -0.25) is 0 Å². The molecule has 550 valence electrons. The molecule has 5 atom stereocenters. The molecule has 0 spiro atoms. The lowest BCUT2D eigenvalue weighted by Gasteiger charge is -2.57. The summed E-state index contributed by atoms with van der Waals surface area (Å²) in [4.78, 5) is 54.7. The molecule has 105 heavy (non-hydrogen) atoms. The maximum absolute atomic E-state index is 13.7. The number of hydrogen-bond acceptors (Lipinski definition) is 19. The minimum Gasteiger partial charge on any atom is -0.462 e. The van der Waals surface area contributed by atoms with Crippen molar-refractivity contribution in [2.45, 2.75) is 90.4 Å². The Hall–Kier alpha value is -7.84. The number of hydrogen-bond donors (Lipinski definition) is 0. The molecule has 2 heterocycles. The maximum atomic E-state index is 13.7. The Bertz CT molecular complexity index is 4090. The molecule has 2 aliphatic heterocycles. The molecule has 2 bridgehead atoms. The lowest BCUT2D eigenvalue weighted by atomic mass is 10.2. The van der Waals surface area contributed by atoms with Gasteiger partial charge in [0.25, 0.3) is 0 Å². The van der Waals surface area contributed by atoms with Crippen LogP contribution in [0, 0.1) is 0 Å². The van der Waals surface area contributed by atoms with Gasteiger partial charge >= 0.3 is 93.3 Å². The van der Waals surface area contributed by atoms with Gasteiger partial charge in [-0.15, -0.1) is 0 Å². The molecule has 3 aliphatic rings. The van der Waals surface area contributed by atoms with E-state index >= 15 is 0 Å². The molecule has 0 aromatic heterocycles. The summed E-state index contributed by atoms with van der Waals surface area (Å²) >= 11 is 0. The van der Waals surface area contributed by atoms with Crippen molar-refractivity contribution < 1.29 is 84.0 Å². The van der Waals surface area contributed by atoms with Crippen molar-refractivity contribution in [3.8, 4) is 0 Å². The topological polar surface area (TPSA) is 207 Å². The summed E-state index contributed by atoms with van der Waals surface area (Å²) in [5, 5.41) is 5.06.